The van der Waals surface area contributed by atoms with E-state index in [2.05, 4.69) is 5.32 Å². The van der Waals surface area contributed by atoms with Crippen LogP contribution in [0.1, 0.15) is 25.6 Å². The fourth-order valence-corrected chi connectivity index (χ4v) is 3.14. The first-order valence-electron chi connectivity index (χ1n) is 5.92. The zero-order chi connectivity index (χ0) is 13.8. The molecule has 3 nitrogen and oxygen atoms in total. The highest BCUT2D eigenvalue weighted by Gasteiger charge is 2.32. The van der Waals surface area contributed by atoms with Crippen molar-refractivity contribution < 1.29 is 9.90 Å². The van der Waals surface area contributed by atoms with Crippen LogP contribution in [0.4, 0.5) is 0 Å². The van der Waals surface area contributed by atoms with Crippen LogP contribution in [0.5, 0.6) is 0 Å². The van der Waals surface area contributed by atoms with Crippen molar-refractivity contribution >= 4 is 29.0 Å². The topological polar surface area (TPSA) is 49.3 Å². The van der Waals surface area contributed by atoms with Crippen LogP contribution in [0.15, 0.2) is 17.5 Å². The van der Waals surface area contributed by atoms with Crippen molar-refractivity contribution in [2.24, 2.45) is 0 Å². The second-order valence-electron chi connectivity index (χ2n) is 4.82. The van der Waals surface area contributed by atoms with E-state index < -0.39 is 5.41 Å². The van der Waals surface area contributed by atoms with Crippen molar-refractivity contribution in [2.75, 3.05) is 12.9 Å². The minimum atomic E-state index is -0.527. The molecule has 5 heteroatoms. The molecule has 0 radical (unpaired) electrons. The highest BCUT2D eigenvalue weighted by molar-refractivity contribution is 7.99. The quantitative estimate of drug-likeness (QED) is 0.844. The van der Waals surface area contributed by atoms with Gasteiger partial charge in [0.15, 0.2) is 0 Å². The monoisotopic (exact) mass is 287 g/mol. The lowest BCUT2D eigenvalue weighted by molar-refractivity contribution is -0.126. The third-order valence-electron chi connectivity index (χ3n) is 3.10. The number of nitrogens with one attached hydrogen (secondary N) is 1. The number of hydrogen-bond donors (Lipinski definition) is 2. The molecule has 0 saturated carbocycles. The summed E-state index contributed by atoms with van der Waals surface area (Å²) in [4.78, 5) is 13.4. The molecule has 1 aromatic heterocycles. The second-order valence-corrected chi connectivity index (χ2v) is 6.85. The maximum atomic E-state index is 12.3. The molecule has 1 heterocycles. The third-order valence-corrected chi connectivity index (χ3v) is 5.46. The Balaban J connectivity index is 2.71. The van der Waals surface area contributed by atoms with E-state index in [1.807, 2.05) is 44.5 Å². The van der Waals surface area contributed by atoms with E-state index in [4.69, 9.17) is 0 Å². The molecule has 1 amide bonds. The Kier molecular flexibility index (Phi) is 5.69. The molecular formula is C13H21NO2S2. The van der Waals surface area contributed by atoms with E-state index in [9.17, 15) is 9.90 Å². The van der Waals surface area contributed by atoms with Gasteiger partial charge in [-0.1, -0.05) is 6.07 Å². The number of carbonyl (C=O) groups excluding carboxylic acids is 1. The summed E-state index contributed by atoms with van der Waals surface area (Å²) >= 11 is 3.16. The van der Waals surface area contributed by atoms with Crippen molar-refractivity contribution in [2.45, 2.75) is 37.5 Å². The van der Waals surface area contributed by atoms with Gasteiger partial charge in [-0.15, -0.1) is 11.3 Å². The zero-order valence-electron chi connectivity index (χ0n) is 11.3. The smallest absolute Gasteiger partial charge is 0.231 e. The van der Waals surface area contributed by atoms with Gasteiger partial charge in [0.05, 0.1) is 12.0 Å². The normalized spacial score (nSPS) is 15.2. The zero-order valence-corrected chi connectivity index (χ0v) is 12.9. The molecule has 1 aromatic rings. The van der Waals surface area contributed by atoms with Crippen LogP contribution in [0.3, 0.4) is 0 Å². The van der Waals surface area contributed by atoms with E-state index in [0.717, 1.165) is 4.88 Å². The molecule has 0 aromatic carbocycles. The molecule has 0 bridgehead atoms. The van der Waals surface area contributed by atoms with Gasteiger partial charge in [-0.25, -0.2) is 0 Å². The van der Waals surface area contributed by atoms with Crippen LogP contribution in [-0.2, 0) is 10.2 Å². The molecule has 0 fully saturated rings. The molecule has 18 heavy (non-hydrogen) atoms. The van der Waals surface area contributed by atoms with Crippen LogP contribution in [-0.4, -0.2) is 35.2 Å². The molecule has 2 N–H and O–H groups in total. The maximum absolute atomic E-state index is 12.3. The summed E-state index contributed by atoms with van der Waals surface area (Å²) in [6.07, 6.45) is 1.94. The lowest BCUT2D eigenvalue weighted by Crippen LogP contribution is -2.48. The molecule has 0 aliphatic carbocycles. The average molecular weight is 287 g/mol. The van der Waals surface area contributed by atoms with Gasteiger partial charge < -0.3 is 10.4 Å². The van der Waals surface area contributed by atoms with Crippen molar-refractivity contribution in [3.8, 4) is 0 Å². The predicted octanol–water partition coefficient (Wildman–Crippen LogP) is 2.25. The van der Waals surface area contributed by atoms with Gasteiger partial charge in [0.25, 0.3) is 0 Å². The van der Waals surface area contributed by atoms with Crippen LogP contribution in [0, 0.1) is 0 Å². The maximum Gasteiger partial charge on any atom is 0.231 e. The number of carbonyl (C=O) groups is 1. The Bertz CT molecular complexity index is 372. The van der Waals surface area contributed by atoms with Gasteiger partial charge in [-0.3, -0.25) is 4.79 Å². The Labute approximate surface area is 117 Å². The Hall–Kier alpha value is -0.520. The SMILES string of the molecule is CSC(CO)C(C)NC(=O)C(C)(C)c1cccs1. The van der Waals surface area contributed by atoms with Gasteiger partial charge in [0, 0.05) is 16.2 Å². The molecule has 0 aliphatic heterocycles. The number of rotatable bonds is 6. The van der Waals surface area contributed by atoms with Gasteiger partial charge in [-0.2, -0.15) is 11.8 Å². The fraction of sp³-hybridized carbons (Fsp3) is 0.615. The number of amides is 1. The second kappa shape index (κ2) is 6.59. The molecule has 0 saturated heterocycles. The Morgan fingerprint density at radius 1 is 1.61 bits per heavy atom. The van der Waals surface area contributed by atoms with Crippen molar-refractivity contribution in [3.05, 3.63) is 22.4 Å². The summed E-state index contributed by atoms with van der Waals surface area (Å²) in [5.41, 5.74) is -0.527. The summed E-state index contributed by atoms with van der Waals surface area (Å²) in [6, 6.07) is 3.89. The fourth-order valence-electron chi connectivity index (χ4n) is 1.66. The van der Waals surface area contributed by atoms with Crippen LogP contribution in [0.25, 0.3) is 0 Å². The van der Waals surface area contributed by atoms with E-state index in [1.54, 1.807) is 23.1 Å². The number of aliphatic hydroxyl groups excluding tert-OH is 1. The largest absolute Gasteiger partial charge is 0.395 e. The van der Waals surface area contributed by atoms with Crippen molar-refractivity contribution in [3.63, 3.8) is 0 Å². The minimum absolute atomic E-state index is 0.00458. The van der Waals surface area contributed by atoms with Gasteiger partial charge in [-0.05, 0) is 38.5 Å². The third kappa shape index (κ3) is 3.49. The molecule has 0 spiro atoms. The molecule has 0 aliphatic rings. The first-order chi connectivity index (χ1) is 8.43. The molecular weight excluding hydrogens is 266 g/mol. The van der Waals surface area contributed by atoms with Crippen LogP contribution >= 0.6 is 23.1 Å². The minimum Gasteiger partial charge on any atom is -0.395 e. The summed E-state index contributed by atoms with van der Waals surface area (Å²) in [5.74, 6) is 0.00458. The molecule has 2 unspecified atom stereocenters. The van der Waals surface area contributed by atoms with E-state index in [0.29, 0.717) is 0 Å². The summed E-state index contributed by atoms with van der Waals surface area (Å²) in [6.45, 7) is 5.85. The van der Waals surface area contributed by atoms with Crippen LogP contribution in [0.2, 0.25) is 0 Å². The Morgan fingerprint density at radius 3 is 2.72 bits per heavy atom. The molecule has 1 rings (SSSR count). The first kappa shape index (κ1) is 15.5. The summed E-state index contributed by atoms with van der Waals surface area (Å²) in [7, 11) is 0. The highest BCUT2D eigenvalue weighted by Crippen LogP contribution is 2.28. The van der Waals surface area contributed by atoms with Crippen LogP contribution < -0.4 is 5.32 Å². The van der Waals surface area contributed by atoms with Gasteiger partial charge in [0.2, 0.25) is 5.91 Å². The number of thiophene rings is 1. The van der Waals surface area contributed by atoms with Gasteiger partial charge in [0.1, 0.15) is 0 Å². The van der Waals surface area contributed by atoms with E-state index >= 15 is 0 Å². The molecule has 102 valence electrons. The van der Waals surface area contributed by atoms with E-state index in [-0.39, 0.29) is 23.8 Å². The highest BCUT2D eigenvalue weighted by atomic mass is 32.2. The van der Waals surface area contributed by atoms with Crippen molar-refractivity contribution in [1.82, 2.24) is 5.32 Å². The Morgan fingerprint density at radius 2 is 2.28 bits per heavy atom. The summed E-state index contributed by atoms with van der Waals surface area (Å²) in [5, 5.41) is 14.2. The van der Waals surface area contributed by atoms with Gasteiger partial charge >= 0.3 is 0 Å². The standard InChI is InChI=1S/C13H21NO2S2/c1-9(10(8-15)17-4)14-12(16)13(2,3)11-6-5-7-18-11/h5-7,9-10,15H,8H2,1-4H3,(H,14,16). The average Bonchev–Trinajstić information content (AvgIpc) is 2.84. The lowest BCUT2D eigenvalue weighted by Gasteiger charge is -2.27. The van der Waals surface area contributed by atoms with E-state index in [1.165, 1.54) is 0 Å². The predicted molar refractivity (Wildman–Crippen MR) is 79.3 cm³/mol. The summed E-state index contributed by atoms with van der Waals surface area (Å²) < 4.78 is 0. The number of hydrogen-bond acceptors (Lipinski definition) is 4. The number of aliphatic hydroxyl groups is 1. The molecule has 2 atom stereocenters. The first-order valence-corrected chi connectivity index (χ1v) is 8.08. The lowest BCUT2D eigenvalue weighted by atomic mass is 9.90. The van der Waals surface area contributed by atoms with Crippen molar-refractivity contribution in [1.29, 1.82) is 0 Å². The number of thioether (sulfide) groups is 1.